The first-order chi connectivity index (χ1) is 8.22. The topological polar surface area (TPSA) is 62.7 Å². The van der Waals surface area contributed by atoms with Crippen molar-refractivity contribution in [1.29, 1.82) is 0 Å². The number of carbonyl (C=O) groups excluding carboxylic acids is 1. The number of rotatable bonds is 2. The molecule has 0 radical (unpaired) electrons. The van der Waals surface area contributed by atoms with E-state index >= 15 is 0 Å². The predicted molar refractivity (Wildman–Crippen MR) is 61.7 cm³/mol. The summed E-state index contributed by atoms with van der Waals surface area (Å²) in [6.07, 6.45) is 1.57. The fourth-order valence-electron chi connectivity index (χ4n) is 1.83. The molecular weight excluding hydrogens is 220 g/mol. The van der Waals surface area contributed by atoms with Gasteiger partial charge in [0, 0.05) is 18.4 Å². The van der Waals surface area contributed by atoms with Gasteiger partial charge >= 0.3 is 0 Å². The minimum atomic E-state index is -0.252. The van der Waals surface area contributed by atoms with Gasteiger partial charge in [-0.15, -0.1) is 0 Å². The van der Waals surface area contributed by atoms with Gasteiger partial charge < -0.3 is 14.7 Å². The van der Waals surface area contributed by atoms with E-state index in [0.29, 0.717) is 25.3 Å². The molecule has 0 aromatic carbocycles. The lowest BCUT2D eigenvalue weighted by Gasteiger charge is -2.34. The Morgan fingerprint density at radius 3 is 3.12 bits per heavy atom. The Hall–Kier alpha value is -1.46. The molecule has 5 nitrogen and oxygen atoms in total. The average Bonchev–Trinajstić information content (AvgIpc) is 2.39. The third-order valence-corrected chi connectivity index (χ3v) is 2.86. The quantitative estimate of drug-likeness (QED) is 0.798. The Morgan fingerprint density at radius 1 is 1.65 bits per heavy atom. The summed E-state index contributed by atoms with van der Waals surface area (Å²) in [4.78, 5) is 18.0. The van der Waals surface area contributed by atoms with E-state index in [1.807, 2.05) is 13.0 Å². The van der Waals surface area contributed by atoms with Crippen LogP contribution in [-0.2, 0) is 4.74 Å². The molecule has 1 N–H and O–H groups in total. The maximum atomic E-state index is 12.2. The molecule has 0 bridgehead atoms. The highest BCUT2D eigenvalue weighted by atomic mass is 16.5. The normalized spacial score (nSPS) is 20.4. The Kier molecular flexibility index (Phi) is 3.71. The summed E-state index contributed by atoms with van der Waals surface area (Å²) in [7, 11) is 0. The molecule has 5 heteroatoms. The molecular formula is C12H16N2O3. The summed E-state index contributed by atoms with van der Waals surface area (Å²) in [5, 5.41) is 9.21. The molecule has 0 saturated carbocycles. The van der Waals surface area contributed by atoms with Crippen LogP contribution in [0.4, 0.5) is 0 Å². The average molecular weight is 236 g/mol. The lowest BCUT2D eigenvalue weighted by Crippen LogP contribution is -2.50. The minimum Gasteiger partial charge on any atom is -0.394 e. The molecule has 2 heterocycles. The Bertz CT molecular complexity index is 391. The van der Waals surface area contributed by atoms with Crippen LogP contribution in [0.3, 0.4) is 0 Å². The molecule has 1 aliphatic heterocycles. The highest BCUT2D eigenvalue weighted by Crippen LogP contribution is 2.12. The molecule has 1 aromatic rings. The van der Waals surface area contributed by atoms with Crippen LogP contribution in [0.15, 0.2) is 18.3 Å². The van der Waals surface area contributed by atoms with Gasteiger partial charge in [0.15, 0.2) is 0 Å². The van der Waals surface area contributed by atoms with E-state index in [-0.39, 0.29) is 18.6 Å². The van der Waals surface area contributed by atoms with E-state index in [1.54, 1.807) is 17.2 Å². The van der Waals surface area contributed by atoms with Crippen molar-refractivity contribution in [3.63, 3.8) is 0 Å². The fourth-order valence-corrected chi connectivity index (χ4v) is 1.83. The standard InChI is InChI=1S/C12H16N2O3/c1-9-2-3-10(6-13-9)12(16)14-4-5-17-8-11(14)7-15/h2-3,6,11,15H,4-5,7-8H2,1H3. The summed E-state index contributed by atoms with van der Waals surface area (Å²) in [6, 6.07) is 3.31. The molecule has 1 amide bonds. The Labute approximate surface area is 100 Å². The van der Waals surface area contributed by atoms with Crippen LogP contribution in [0.25, 0.3) is 0 Å². The van der Waals surface area contributed by atoms with E-state index in [4.69, 9.17) is 4.74 Å². The molecule has 0 spiro atoms. The van der Waals surface area contributed by atoms with Gasteiger partial charge in [0.25, 0.3) is 5.91 Å². The first kappa shape index (κ1) is 12.0. The van der Waals surface area contributed by atoms with Gasteiger partial charge in [-0.25, -0.2) is 0 Å². The van der Waals surface area contributed by atoms with Crippen LogP contribution in [0, 0.1) is 6.92 Å². The van der Waals surface area contributed by atoms with Crippen LogP contribution in [-0.4, -0.2) is 53.3 Å². The lowest BCUT2D eigenvalue weighted by molar-refractivity contribution is -0.0184. The molecule has 2 rings (SSSR count). The van der Waals surface area contributed by atoms with Crippen molar-refractivity contribution in [2.45, 2.75) is 13.0 Å². The van der Waals surface area contributed by atoms with Gasteiger partial charge in [0.05, 0.1) is 31.4 Å². The number of ether oxygens (including phenoxy) is 1. The number of nitrogens with zero attached hydrogens (tertiary/aromatic N) is 2. The summed E-state index contributed by atoms with van der Waals surface area (Å²) in [5.74, 6) is -0.0974. The lowest BCUT2D eigenvalue weighted by atomic mass is 10.1. The molecule has 1 unspecified atom stereocenters. The Balaban J connectivity index is 2.15. The van der Waals surface area contributed by atoms with Crippen LogP contribution >= 0.6 is 0 Å². The van der Waals surface area contributed by atoms with Crippen molar-refractivity contribution in [2.24, 2.45) is 0 Å². The number of pyridine rings is 1. The van der Waals surface area contributed by atoms with Gasteiger partial charge in [0.1, 0.15) is 0 Å². The highest BCUT2D eigenvalue weighted by Gasteiger charge is 2.27. The molecule has 1 aliphatic rings. The van der Waals surface area contributed by atoms with Crippen molar-refractivity contribution in [3.05, 3.63) is 29.6 Å². The summed E-state index contributed by atoms with van der Waals surface area (Å²) in [5.41, 5.74) is 1.43. The molecule has 1 atom stereocenters. The summed E-state index contributed by atoms with van der Waals surface area (Å²) >= 11 is 0. The van der Waals surface area contributed by atoms with Gasteiger partial charge in [-0.2, -0.15) is 0 Å². The monoisotopic (exact) mass is 236 g/mol. The summed E-state index contributed by atoms with van der Waals surface area (Å²) < 4.78 is 5.24. The van der Waals surface area contributed by atoms with E-state index in [1.165, 1.54) is 0 Å². The SMILES string of the molecule is Cc1ccc(C(=O)N2CCOCC2CO)cn1. The summed E-state index contributed by atoms with van der Waals surface area (Å²) in [6.45, 7) is 3.21. The van der Waals surface area contributed by atoms with E-state index in [9.17, 15) is 9.90 Å². The van der Waals surface area contributed by atoms with Crippen molar-refractivity contribution in [3.8, 4) is 0 Å². The van der Waals surface area contributed by atoms with Gasteiger partial charge in [-0.1, -0.05) is 0 Å². The third kappa shape index (κ3) is 2.62. The third-order valence-electron chi connectivity index (χ3n) is 2.86. The number of carbonyl (C=O) groups is 1. The van der Waals surface area contributed by atoms with Crippen molar-refractivity contribution >= 4 is 5.91 Å². The zero-order valence-corrected chi connectivity index (χ0v) is 9.80. The van der Waals surface area contributed by atoms with Gasteiger partial charge in [0.2, 0.25) is 0 Å². The van der Waals surface area contributed by atoms with E-state index < -0.39 is 0 Å². The molecule has 1 fully saturated rings. The number of aliphatic hydroxyl groups is 1. The van der Waals surface area contributed by atoms with Crippen molar-refractivity contribution in [1.82, 2.24) is 9.88 Å². The number of aryl methyl sites for hydroxylation is 1. The maximum Gasteiger partial charge on any atom is 0.255 e. The van der Waals surface area contributed by atoms with Gasteiger partial charge in [-0.05, 0) is 19.1 Å². The predicted octanol–water partition coefficient (Wildman–Crippen LogP) is 0.223. The first-order valence-corrected chi connectivity index (χ1v) is 5.64. The highest BCUT2D eigenvalue weighted by molar-refractivity contribution is 5.94. The molecule has 1 aromatic heterocycles. The largest absolute Gasteiger partial charge is 0.394 e. The second-order valence-electron chi connectivity index (χ2n) is 4.10. The second-order valence-corrected chi connectivity index (χ2v) is 4.10. The van der Waals surface area contributed by atoms with Crippen LogP contribution in [0.2, 0.25) is 0 Å². The molecule has 1 saturated heterocycles. The van der Waals surface area contributed by atoms with Crippen molar-refractivity contribution < 1.29 is 14.6 Å². The van der Waals surface area contributed by atoms with Crippen LogP contribution in [0.5, 0.6) is 0 Å². The number of aliphatic hydroxyl groups excluding tert-OH is 1. The molecule has 17 heavy (non-hydrogen) atoms. The van der Waals surface area contributed by atoms with Crippen LogP contribution < -0.4 is 0 Å². The maximum absolute atomic E-state index is 12.2. The second kappa shape index (κ2) is 5.25. The number of amides is 1. The smallest absolute Gasteiger partial charge is 0.255 e. The van der Waals surface area contributed by atoms with E-state index in [0.717, 1.165) is 5.69 Å². The minimum absolute atomic E-state index is 0.0783. The number of aromatic nitrogens is 1. The zero-order valence-electron chi connectivity index (χ0n) is 9.80. The zero-order chi connectivity index (χ0) is 12.3. The van der Waals surface area contributed by atoms with Gasteiger partial charge in [-0.3, -0.25) is 9.78 Å². The van der Waals surface area contributed by atoms with E-state index in [2.05, 4.69) is 4.98 Å². The number of hydrogen-bond acceptors (Lipinski definition) is 4. The van der Waals surface area contributed by atoms with Crippen molar-refractivity contribution in [2.75, 3.05) is 26.4 Å². The molecule has 0 aliphatic carbocycles. The van der Waals surface area contributed by atoms with Crippen LogP contribution in [0.1, 0.15) is 16.1 Å². The molecule has 92 valence electrons. The fraction of sp³-hybridized carbons (Fsp3) is 0.500. The Morgan fingerprint density at radius 2 is 2.47 bits per heavy atom. The first-order valence-electron chi connectivity index (χ1n) is 5.64. The number of hydrogen-bond donors (Lipinski definition) is 1. The number of morpholine rings is 1.